The molecule has 0 radical (unpaired) electrons. The fourth-order valence-corrected chi connectivity index (χ4v) is 4.79. The Morgan fingerprint density at radius 2 is 1.57 bits per heavy atom. The Morgan fingerprint density at radius 3 is 2.04 bits per heavy atom. The van der Waals surface area contributed by atoms with Gasteiger partial charge in [-0.1, -0.05) is 0 Å². The van der Waals surface area contributed by atoms with Gasteiger partial charge in [-0.3, -0.25) is 10.1 Å². The molecule has 6 heteroatoms. The van der Waals surface area contributed by atoms with Crippen LogP contribution in [0.4, 0.5) is 5.69 Å². The lowest BCUT2D eigenvalue weighted by Gasteiger charge is -2.05. The molecule has 0 unspecified atom stereocenters. The molecule has 0 atom stereocenters. The molecular weight excluding hydrogens is 328 g/mol. The van der Waals surface area contributed by atoms with Crippen molar-refractivity contribution in [3.8, 4) is 15.8 Å². The quantitative estimate of drug-likeness (QED) is 0.288. The van der Waals surface area contributed by atoms with Crippen LogP contribution in [0.3, 0.4) is 0 Å². The van der Waals surface area contributed by atoms with Crippen molar-refractivity contribution in [1.29, 1.82) is 5.26 Å². The number of allylic oxidation sites excluding steroid dienone is 1. The minimum Gasteiger partial charge on any atom is -0.258 e. The SMILES string of the molecule is N#CC(=C1c2ccsc2-c2sccc21)c1ccc([N+](=O)[O-])cc1. The average molecular weight is 336 g/mol. The highest BCUT2D eigenvalue weighted by molar-refractivity contribution is 7.21. The fourth-order valence-electron chi connectivity index (χ4n) is 2.79. The number of nitro benzene ring substituents is 1. The minimum absolute atomic E-state index is 0.0231. The van der Waals surface area contributed by atoms with Gasteiger partial charge in [0.2, 0.25) is 0 Å². The second kappa shape index (κ2) is 5.16. The molecule has 0 N–H and O–H groups in total. The Balaban J connectivity index is 1.95. The molecular formula is C17H8N2O2S2. The zero-order chi connectivity index (χ0) is 16.0. The summed E-state index contributed by atoms with van der Waals surface area (Å²) in [5, 5.41) is 24.6. The normalized spacial score (nSPS) is 11.7. The highest BCUT2D eigenvalue weighted by atomic mass is 32.1. The first-order chi connectivity index (χ1) is 11.2. The summed E-state index contributed by atoms with van der Waals surface area (Å²) in [4.78, 5) is 12.7. The Labute approximate surface area is 139 Å². The van der Waals surface area contributed by atoms with Crippen molar-refractivity contribution in [2.75, 3.05) is 0 Å². The largest absolute Gasteiger partial charge is 0.269 e. The summed E-state index contributed by atoms with van der Waals surface area (Å²) in [5.74, 6) is 0. The third kappa shape index (κ3) is 2.02. The van der Waals surface area contributed by atoms with Crippen LogP contribution in [-0.2, 0) is 0 Å². The molecule has 1 aliphatic rings. The van der Waals surface area contributed by atoms with Crippen LogP contribution in [0.2, 0.25) is 0 Å². The molecule has 0 spiro atoms. The molecule has 4 nitrogen and oxygen atoms in total. The van der Waals surface area contributed by atoms with E-state index >= 15 is 0 Å². The molecule has 3 aromatic rings. The van der Waals surface area contributed by atoms with Crippen LogP contribution in [-0.4, -0.2) is 4.92 Å². The van der Waals surface area contributed by atoms with E-state index in [0.717, 1.165) is 16.7 Å². The summed E-state index contributed by atoms with van der Waals surface area (Å²) in [6.07, 6.45) is 0. The first-order valence-corrected chi connectivity index (χ1v) is 8.52. The zero-order valence-corrected chi connectivity index (χ0v) is 13.3. The lowest BCUT2D eigenvalue weighted by Crippen LogP contribution is -1.91. The molecule has 0 saturated heterocycles. The van der Waals surface area contributed by atoms with E-state index in [9.17, 15) is 15.4 Å². The van der Waals surface area contributed by atoms with Gasteiger partial charge in [-0.15, -0.1) is 22.7 Å². The van der Waals surface area contributed by atoms with Gasteiger partial charge >= 0.3 is 0 Å². The fraction of sp³-hybridized carbons (Fsp3) is 0. The monoisotopic (exact) mass is 336 g/mol. The topological polar surface area (TPSA) is 66.9 Å². The predicted octanol–water partition coefficient (Wildman–Crippen LogP) is 5.18. The number of hydrogen-bond donors (Lipinski definition) is 0. The predicted molar refractivity (Wildman–Crippen MR) is 92.3 cm³/mol. The molecule has 0 saturated carbocycles. The zero-order valence-electron chi connectivity index (χ0n) is 11.6. The van der Waals surface area contributed by atoms with Gasteiger partial charge in [-0.05, 0) is 40.6 Å². The van der Waals surface area contributed by atoms with Gasteiger partial charge in [0.05, 0.1) is 20.3 Å². The van der Waals surface area contributed by atoms with Gasteiger partial charge in [-0.2, -0.15) is 5.26 Å². The molecule has 0 amide bonds. The number of nitrogens with zero attached hydrogens (tertiary/aromatic N) is 2. The van der Waals surface area contributed by atoms with E-state index in [-0.39, 0.29) is 5.69 Å². The van der Waals surface area contributed by atoms with E-state index in [2.05, 4.69) is 6.07 Å². The molecule has 1 aromatic carbocycles. The van der Waals surface area contributed by atoms with E-state index in [1.807, 2.05) is 22.9 Å². The second-order valence-corrected chi connectivity index (χ2v) is 6.82. The first kappa shape index (κ1) is 13.9. The van der Waals surface area contributed by atoms with Crippen molar-refractivity contribution in [2.24, 2.45) is 0 Å². The van der Waals surface area contributed by atoms with Crippen molar-refractivity contribution in [3.05, 3.63) is 74.0 Å². The molecule has 4 rings (SSSR count). The maximum Gasteiger partial charge on any atom is 0.269 e. The highest BCUT2D eigenvalue weighted by Gasteiger charge is 2.29. The van der Waals surface area contributed by atoms with Crippen LogP contribution in [0, 0.1) is 21.4 Å². The van der Waals surface area contributed by atoms with Gasteiger partial charge in [0, 0.05) is 28.8 Å². The Hall–Kier alpha value is -2.75. The maximum absolute atomic E-state index is 10.8. The number of benzene rings is 1. The molecule has 1 aliphatic carbocycles. The molecule has 2 heterocycles. The molecule has 0 aliphatic heterocycles. The molecule has 23 heavy (non-hydrogen) atoms. The third-order valence-corrected chi connectivity index (χ3v) is 5.80. The van der Waals surface area contributed by atoms with Crippen LogP contribution in [0.5, 0.6) is 0 Å². The van der Waals surface area contributed by atoms with E-state index < -0.39 is 4.92 Å². The summed E-state index contributed by atoms with van der Waals surface area (Å²) in [5.41, 5.74) is 4.35. The van der Waals surface area contributed by atoms with Crippen LogP contribution >= 0.6 is 22.7 Å². The molecule has 0 bridgehead atoms. The van der Waals surface area contributed by atoms with Gasteiger partial charge in [0.15, 0.2) is 0 Å². The third-order valence-electron chi connectivity index (χ3n) is 3.80. The molecule has 0 fully saturated rings. The van der Waals surface area contributed by atoms with Crippen LogP contribution in [0.15, 0.2) is 47.2 Å². The number of non-ortho nitro benzene ring substituents is 1. The number of thiophene rings is 2. The second-order valence-electron chi connectivity index (χ2n) is 4.99. The Morgan fingerprint density at radius 1 is 1.00 bits per heavy atom. The number of nitriles is 1. The summed E-state index contributed by atoms with van der Waals surface area (Å²) in [7, 11) is 0. The van der Waals surface area contributed by atoms with E-state index in [4.69, 9.17) is 0 Å². The van der Waals surface area contributed by atoms with Crippen LogP contribution < -0.4 is 0 Å². The summed E-state index contributed by atoms with van der Waals surface area (Å²) >= 11 is 3.34. The summed E-state index contributed by atoms with van der Waals surface area (Å²) in [6, 6.07) is 12.5. The van der Waals surface area contributed by atoms with Crippen molar-refractivity contribution in [1.82, 2.24) is 0 Å². The van der Waals surface area contributed by atoms with Crippen molar-refractivity contribution < 1.29 is 4.92 Å². The van der Waals surface area contributed by atoms with Crippen LogP contribution in [0.1, 0.15) is 16.7 Å². The van der Waals surface area contributed by atoms with Gasteiger partial charge in [0.25, 0.3) is 5.69 Å². The van der Waals surface area contributed by atoms with Gasteiger partial charge in [0.1, 0.15) is 6.07 Å². The lowest BCUT2D eigenvalue weighted by atomic mass is 9.95. The number of nitro groups is 1. The lowest BCUT2D eigenvalue weighted by molar-refractivity contribution is -0.384. The molecule has 110 valence electrons. The number of fused-ring (bicyclic) bond motifs is 3. The highest BCUT2D eigenvalue weighted by Crippen LogP contribution is 2.52. The van der Waals surface area contributed by atoms with Crippen molar-refractivity contribution in [2.45, 2.75) is 0 Å². The Kier molecular flexibility index (Phi) is 3.11. The molecule has 2 aromatic heterocycles. The number of rotatable bonds is 2. The maximum atomic E-state index is 10.8. The number of hydrogen-bond acceptors (Lipinski definition) is 5. The van der Waals surface area contributed by atoms with Gasteiger partial charge < -0.3 is 0 Å². The van der Waals surface area contributed by atoms with E-state index in [0.29, 0.717) is 11.1 Å². The Bertz CT molecular complexity index is 962. The standard InChI is InChI=1S/C17H8N2O2S2/c18-9-14(10-1-3-11(4-2-10)19(20)21)15-12-5-7-22-16(12)17-13(15)6-8-23-17/h1-8H. The van der Waals surface area contributed by atoms with Gasteiger partial charge in [-0.25, -0.2) is 0 Å². The van der Waals surface area contributed by atoms with Crippen molar-refractivity contribution in [3.63, 3.8) is 0 Å². The average Bonchev–Trinajstić information content (AvgIpc) is 3.24. The van der Waals surface area contributed by atoms with Crippen LogP contribution in [0.25, 0.3) is 20.9 Å². The van der Waals surface area contributed by atoms with E-state index in [1.54, 1.807) is 34.8 Å². The van der Waals surface area contributed by atoms with E-state index in [1.165, 1.54) is 21.9 Å². The minimum atomic E-state index is -0.438. The first-order valence-electron chi connectivity index (χ1n) is 6.76. The summed E-state index contributed by atoms with van der Waals surface area (Å²) in [6.45, 7) is 0. The summed E-state index contributed by atoms with van der Waals surface area (Å²) < 4.78 is 0. The van der Waals surface area contributed by atoms with Crippen molar-refractivity contribution >= 4 is 39.5 Å². The smallest absolute Gasteiger partial charge is 0.258 e.